The van der Waals surface area contributed by atoms with Gasteiger partial charge in [0.25, 0.3) is 5.91 Å². The lowest BCUT2D eigenvalue weighted by Crippen LogP contribution is -2.41. The highest BCUT2D eigenvalue weighted by Gasteiger charge is 2.32. The van der Waals surface area contributed by atoms with Crippen molar-refractivity contribution in [3.05, 3.63) is 48.5 Å². The topological polar surface area (TPSA) is 105 Å². The zero-order chi connectivity index (χ0) is 24.7. The van der Waals surface area contributed by atoms with Crippen LogP contribution in [-0.4, -0.2) is 69.8 Å². The van der Waals surface area contributed by atoms with Crippen LogP contribution in [0.1, 0.15) is 19.8 Å². The molecule has 0 atom stereocenters. The van der Waals surface area contributed by atoms with Crippen LogP contribution in [0.3, 0.4) is 0 Å². The summed E-state index contributed by atoms with van der Waals surface area (Å²) >= 11 is 0. The number of rotatable bonds is 9. The number of nitrogens with zero attached hydrogens (tertiary/aromatic N) is 2. The fraction of sp³-hybridized carbons (Fsp3) is 0.417. The molecule has 1 aliphatic rings. The number of ether oxygens (including phenoxy) is 2. The Balaban J connectivity index is 1.51. The van der Waals surface area contributed by atoms with Gasteiger partial charge in [0, 0.05) is 38.8 Å². The van der Waals surface area contributed by atoms with Crippen molar-refractivity contribution in [2.45, 2.75) is 24.7 Å². The van der Waals surface area contributed by atoms with Crippen molar-refractivity contribution >= 4 is 27.5 Å². The van der Waals surface area contributed by atoms with Gasteiger partial charge in [-0.05, 0) is 68.3 Å². The summed E-state index contributed by atoms with van der Waals surface area (Å²) in [4.78, 5) is 26.0. The molecule has 10 heteroatoms. The number of likely N-dealkylation sites (N-methyl/N-ethyl adjacent to an activating group) is 1. The Labute approximate surface area is 200 Å². The van der Waals surface area contributed by atoms with Crippen molar-refractivity contribution < 1.29 is 27.5 Å². The normalized spacial score (nSPS) is 14.9. The first-order valence-electron chi connectivity index (χ1n) is 11.2. The first kappa shape index (κ1) is 25.5. The molecule has 1 fully saturated rings. The van der Waals surface area contributed by atoms with E-state index in [1.165, 1.54) is 9.21 Å². The van der Waals surface area contributed by atoms with Crippen LogP contribution in [0.2, 0.25) is 0 Å². The maximum atomic E-state index is 12.9. The van der Waals surface area contributed by atoms with Crippen LogP contribution in [0.15, 0.2) is 53.4 Å². The minimum atomic E-state index is -3.62. The van der Waals surface area contributed by atoms with Crippen LogP contribution in [0, 0.1) is 5.92 Å². The molecule has 0 spiro atoms. The summed E-state index contributed by atoms with van der Waals surface area (Å²) in [7, 11) is -0.304. The zero-order valence-electron chi connectivity index (χ0n) is 19.7. The molecule has 1 heterocycles. The van der Waals surface area contributed by atoms with E-state index >= 15 is 0 Å². The molecule has 2 aromatic rings. The van der Waals surface area contributed by atoms with Gasteiger partial charge in [-0.1, -0.05) is 0 Å². The van der Waals surface area contributed by atoms with Gasteiger partial charge in [-0.3, -0.25) is 9.59 Å². The predicted molar refractivity (Wildman–Crippen MR) is 128 cm³/mol. The number of amides is 2. The molecule has 2 amide bonds. The SMILES string of the molecule is CCOc1ccc(S(=O)(=O)N2CCC(C(=O)Nc3ccc(OCC(=O)N(C)C)cc3)CC2)cc1. The van der Waals surface area contributed by atoms with Gasteiger partial charge in [0.2, 0.25) is 15.9 Å². The zero-order valence-corrected chi connectivity index (χ0v) is 20.5. The molecule has 0 aliphatic carbocycles. The first-order valence-corrected chi connectivity index (χ1v) is 12.6. The third-order valence-electron chi connectivity index (χ3n) is 5.58. The lowest BCUT2D eigenvalue weighted by atomic mass is 9.97. The minimum Gasteiger partial charge on any atom is -0.494 e. The van der Waals surface area contributed by atoms with Crippen LogP contribution in [-0.2, 0) is 19.6 Å². The van der Waals surface area contributed by atoms with Crippen molar-refractivity contribution in [1.82, 2.24) is 9.21 Å². The van der Waals surface area contributed by atoms with Crippen LogP contribution in [0.4, 0.5) is 5.69 Å². The Morgan fingerprint density at radius 3 is 2.09 bits per heavy atom. The van der Waals surface area contributed by atoms with Crippen molar-refractivity contribution in [3.63, 3.8) is 0 Å². The molecule has 0 aromatic heterocycles. The maximum absolute atomic E-state index is 12.9. The van der Waals surface area contributed by atoms with E-state index < -0.39 is 10.0 Å². The molecule has 0 radical (unpaired) electrons. The van der Waals surface area contributed by atoms with Gasteiger partial charge in [-0.25, -0.2) is 8.42 Å². The fourth-order valence-electron chi connectivity index (χ4n) is 3.53. The van der Waals surface area contributed by atoms with E-state index in [9.17, 15) is 18.0 Å². The molecule has 0 unspecified atom stereocenters. The standard InChI is InChI=1S/C24H31N3O6S/c1-4-32-20-9-11-22(12-10-20)34(30,31)27-15-13-18(14-16-27)24(29)25-19-5-7-21(8-6-19)33-17-23(28)26(2)3/h5-12,18H,4,13-17H2,1-3H3,(H,25,29). The van der Waals surface area contributed by atoms with E-state index in [1.807, 2.05) is 6.92 Å². The van der Waals surface area contributed by atoms with Crippen molar-refractivity contribution in [1.29, 1.82) is 0 Å². The molecule has 1 N–H and O–H groups in total. The minimum absolute atomic E-state index is 0.0587. The van der Waals surface area contributed by atoms with E-state index in [-0.39, 0.29) is 42.3 Å². The summed E-state index contributed by atoms with van der Waals surface area (Å²) < 4.78 is 38.1. The lowest BCUT2D eigenvalue weighted by Gasteiger charge is -2.30. The van der Waals surface area contributed by atoms with Gasteiger partial charge < -0.3 is 19.7 Å². The van der Waals surface area contributed by atoms with Crippen molar-refractivity contribution in [3.8, 4) is 11.5 Å². The summed E-state index contributed by atoms with van der Waals surface area (Å²) in [5, 5.41) is 2.87. The summed E-state index contributed by atoms with van der Waals surface area (Å²) in [5.41, 5.74) is 0.612. The Morgan fingerprint density at radius 2 is 1.53 bits per heavy atom. The predicted octanol–water partition coefficient (Wildman–Crippen LogP) is 2.59. The number of nitrogens with one attached hydrogen (secondary N) is 1. The highest BCUT2D eigenvalue weighted by Crippen LogP contribution is 2.26. The number of carbonyl (C=O) groups excluding carboxylic acids is 2. The molecule has 1 saturated heterocycles. The number of piperidine rings is 1. The van der Waals surface area contributed by atoms with Crippen LogP contribution >= 0.6 is 0 Å². The number of hydrogen-bond acceptors (Lipinski definition) is 6. The molecule has 34 heavy (non-hydrogen) atoms. The summed E-state index contributed by atoms with van der Waals surface area (Å²) in [6.45, 7) is 2.88. The quantitative estimate of drug-likeness (QED) is 0.581. The fourth-order valence-corrected chi connectivity index (χ4v) is 5.00. The smallest absolute Gasteiger partial charge is 0.259 e. The molecule has 0 saturated carbocycles. The van der Waals surface area contributed by atoms with Gasteiger partial charge >= 0.3 is 0 Å². The highest BCUT2D eigenvalue weighted by molar-refractivity contribution is 7.89. The third kappa shape index (κ3) is 6.48. The van der Waals surface area contributed by atoms with Gasteiger partial charge in [-0.2, -0.15) is 4.31 Å². The van der Waals surface area contributed by atoms with E-state index in [0.29, 0.717) is 36.6 Å². The Hall–Kier alpha value is -3.11. The second-order valence-electron chi connectivity index (χ2n) is 8.17. The van der Waals surface area contributed by atoms with E-state index in [2.05, 4.69) is 5.32 Å². The molecule has 3 rings (SSSR count). The Bertz CT molecular complexity index is 1080. The number of benzene rings is 2. The van der Waals surface area contributed by atoms with E-state index in [1.54, 1.807) is 62.6 Å². The monoisotopic (exact) mass is 489 g/mol. The summed E-state index contributed by atoms with van der Waals surface area (Å²) in [5.74, 6) is 0.586. The van der Waals surface area contributed by atoms with E-state index in [4.69, 9.17) is 9.47 Å². The van der Waals surface area contributed by atoms with Gasteiger partial charge in [0.15, 0.2) is 6.61 Å². The van der Waals surface area contributed by atoms with Gasteiger partial charge in [0.05, 0.1) is 11.5 Å². The average molecular weight is 490 g/mol. The second kappa shape index (κ2) is 11.3. The molecule has 1 aliphatic heterocycles. The Morgan fingerprint density at radius 1 is 0.971 bits per heavy atom. The second-order valence-corrected chi connectivity index (χ2v) is 10.1. The summed E-state index contributed by atoms with van der Waals surface area (Å²) in [6.07, 6.45) is 0.881. The van der Waals surface area contributed by atoms with Crippen molar-refractivity contribution in [2.75, 3.05) is 45.7 Å². The van der Waals surface area contributed by atoms with Gasteiger partial charge in [0.1, 0.15) is 11.5 Å². The molecule has 184 valence electrons. The maximum Gasteiger partial charge on any atom is 0.259 e. The number of carbonyl (C=O) groups is 2. The number of anilines is 1. The lowest BCUT2D eigenvalue weighted by molar-refractivity contribution is -0.130. The average Bonchev–Trinajstić information content (AvgIpc) is 2.84. The van der Waals surface area contributed by atoms with Crippen LogP contribution < -0.4 is 14.8 Å². The molecular weight excluding hydrogens is 458 g/mol. The third-order valence-corrected chi connectivity index (χ3v) is 7.49. The molecule has 0 bridgehead atoms. The Kier molecular flexibility index (Phi) is 8.51. The van der Waals surface area contributed by atoms with Crippen LogP contribution in [0.25, 0.3) is 0 Å². The first-order chi connectivity index (χ1) is 16.2. The summed E-state index contributed by atoms with van der Waals surface area (Å²) in [6, 6.07) is 13.2. The van der Waals surface area contributed by atoms with E-state index in [0.717, 1.165) is 0 Å². The van der Waals surface area contributed by atoms with Gasteiger partial charge in [-0.15, -0.1) is 0 Å². The molecule has 2 aromatic carbocycles. The van der Waals surface area contributed by atoms with Crippen molar-refractivity contribution in [2.24, 2.45) is 5.92 Å². The largest absolute Gasteiger partial charge is 0.494 e. The molecule has 9 nitrogen and oxygen atoms in total. The van der Waals surface area contributed by atoms with Crippen LogP contribution in [0.5, 0.6) is 11.5 Å². The highest BCUT2D eigenvalue weighted by atomic mass is 32.2. The number of hydrogen-bond donors (Lipinski definition) is 1. The number of sulfonamides is 1. The molecular formula is C24H31N3O6S.